The van der Waals surface area contributed by atoms with Gasteiger partial charge in [-0.15, -0.1) is 0 Å². The number of pyridine rings is 2. The molecule has 0 amide bonds. The van der Waals surface area contributed by atoms with Crippen molar-refractivity contribution in [2.75, 3.05) is 42.9 Å². The summed E-state index contributed by atoms with van der Waals surface area (Å²) in [4.78, 5) is 26.9. The van der Waals surface area contributed by atoms with E-state index < -0.39 is 5.97 Å². The fourth-order valence-electron chi connectivity index (χ4n) is 3.43. The summed E-state index contributed by atoms with van der Waals surface area (Å²) in [6.07, 6.45) is 8.16. The lowest BCUT2D eigenvalue weighted by atomic mass is 10.1. The van der Waals surface area contributed by atoms with Gasteiger partial charge in [-0.1, -0.05) is 0 Å². The van der Waals surface area contributed by atoms with E-state index >= 15 is 0 Å². The lowest BCUT2D eigenvalue weighted by molar-refractivity contribution is 0.0697. The lowest BCUT2D eigenvalue weighted by Crippen LogP contribution is -2.44. The Morgan fingerprint density at radius 3 is 2.83 bits per heavy atom. The van der Waals surface area contributed by atoms with Crippen LogP contribution >= 0.6 is 0 Å². The first-order valence-corrected chi connectivity index (χ1v) is 10.1. The number of hydrogen-bond donors (Lipinski definition) is 3. The molecule has 0 atom stereocenters. The molecule has 4 rings (SSSR count). The number of imidazole rings is 1. The van der Waals surface area contributed by atoms with E-state index in [-0.39, 0.29) is 5.56 Å². The number of carboxylic acids is 1. The van der Waals surface area contributed by atoms with Crippen LogP contribution in [0.25, 0.3) is 11.3 Å². The summed E-state index contributed by atoms with van der Waals surface area (Å²) in [6, 6.07) is 7.03. The molecule has 0 bridgehead atoms. The minimum atomic E-state index is -0.957. The Kier molecular flexibility index (Phi) is 6.19. The average molecular weight is 407 g/mol. The third-order valence-corrected chi connectivity index (χ3v) is 5.01. The molecular formula is C21H25N7O2. The second kappa shape index (κ2) is 9.36. The van der Waals surface area contributed by atoms with Crippen LogP contribution in [0.4, 0.5) is 11.6 Å². The topological polar surface area (TPSA) is 108 Å². The molecule has 9 nitrogen and oxygen atoms in total. The summed E-state index contributed by atoms with van der Waals surface area (Å²) in [5.41, 5.74) is 1.70. The van der Waals surface area contributed by atoms with Crippen LogP contribution < -0.4 is 15.5 Å². The Hall–Kier alpha value is -3.46. The maximum atomic E-state index is 11.7. The van der Waals surface area contributed by atoms with E-state index in [1.165, 1.54) is 0 Å². The number of nitrogens with one attached hydrogen (secondary N) is 2. The average Bonchev–Trinajstić information content (AvgIpc) is 3.31. The van der Waals surface area contributed by atoms with Gasteiger partial charge >= 0.3 is 5.97 Å². The van der Waals surface area contributed by atoms with Crippen LogP contribution in [0.2, 0.25) is 0 Å². The number of carboxylic acid groups (broad SMARTS) is 1. The smallest absolute Gasteiger partial charge is 0.335 e. The van der Waals surface area contributed by atoms with Gasteiger partial charge in [-0.05, 0) is 30.7 Å². The molecule has 3 aromatic rings. The van der Waals surface area contributed by atoms with E-state index in [0.29, 0.717) is 11.5 Å². The zero-order valence-electron chi connectivity index (χ0n) is 16.7. The van der Waals surface area contributed by atoms with Crippen molar-refractivity contribution in [1.82, 2.24) is 24.8 Å². The minimum Gasteiger partial charge on any atom is -0.478 e. The van der Waals surface area contributed by atoms with Gasteiger partial charge in [0.05, 0.1) is 17.6 Å². The molecule has 4 heterocycles. The molecule has 1 fully saturated rings. The first kappa shape index (κ1) is 19.8. The summed E-state index contributed by atoms with van der Waals surface area (Å²) in [6.45, 7) is 4.96. The molecule has 0 unspecified atom stereocenters. The van der Waals surface area contributed by atoms with Gasteiger partial charge in [0.15, 0.2) is 0 Å². The SMILES string of the molecule is O=C(O)c1cc(-c2ccnc(NCCCn3ccnc3)c2)nc(N2CCNCC2)c1. The van der Waals surface area contributed by atoms with Crippen LogP contribution in [0.1, 0.15) is 16.8 Å². The Bertz CT molecular complexity index is 985. The standard InChI is InChI=1S/C21H25N7O2/c29-21(30)17-12-18(26-20(14-17)28-10-6-22-7-11-28)16-2-4-25-19(13-16)24-3-1-8-27-9-5-23-15-27/h2,4-5,9,12-15,22H,1,3,6-8,10-11H2,(H,24,25)(H,29,30). The van der Waals surface area contributed by atoms with Gasteiger partial charge in [-0.25, -0.2) is 19.7 Å². The molecule has 156 valence electrons. The van der Waals surface area contributed by atoms with Gasteiger partial charge in [0.2, 0.25) is 0 Å². The molecule has 3 N–H and O–H groups in total. The van der Waals surface area contributed by atoms with Gasteiger partial charge in [0, 0.05) is 63.4 Å². The maximum absolute atomic E-state index is 11.7. The number of hydrogen-bond acceptors (Lipinski definition) is 7. The summed E-state index contributed by atoms with van der Waals surface area (Å²) in [5, 5.41) is 16.2. The van der Waals surface area contributed by atoms with Crippen molar-refractivity contribution in [3.63, 3.8) is 0 Å². The van der Waals surface area contributed by atoms with Gasteiger partial charge in [0.1, 0.15) is 11.6 Å². The molecule has 9 heteroatoms. The monoisotopic (exact) mass is 407 g/mol. The Morgan fingerprint density at radius 1 is 1.20 bits per heavy atom. The third-order valence-electron chi connectivity index (χ3n) is 5.01. The number of carbonyl (C=O) groups is 1. The maximum Gasteiger partial charge on any atom is 0.335 e. The molecule has 0 saturated carbocycles. The number of aromatic carboxylic acids is 1. The minimum absolute atomic E-state index is 0.236. The number of rotatable bonds is 8. The second-order valence-corrected chi connectivity index (χ2v) is 7.15. The largest absolute Gasteiger partial charge is 0.478 e. The van der Waals surface area contributed by atoms with E-state index in [1.54, 1.807) is 30.9 Å². The molecule has 0 spiro atoms. The Labute approximate surface area is 174 Å². The highest BCUT2D eigenvalue weighted by atomic mass is 16.4. The highest BCUT2D eigenvalue weighted by Gasteiger charge is 2.16. The van der Waals surface area contributed by atoms with E-state index in [4.69, 9.17) is 4.98 Å². The van der Waals surface area contributed by atoms with Crippen molar-refractivity contribution in [3.05, 3.63) is 54.7 Å². The highest BCUT2D eigenvalue weighted by Crippen LogP contribution is 2.25. The van der Waals surface area contributed by atoms with Crippen molar-refractivity contribution < 1.29 is 9.90 Å². The number of nitrogens with zero attached hydrogens (tertiary/aromatic N) is 5. The van der Waals surface area contributed by atoms with Gasteiger partial charge in [0.25, 0.3) is 0 Å². The molecule has 30 heavy (non-hydrogen) atoms. The van der Waals surface area contributed by atoms with E-state index in [1.807, 2.05) is 22.9 Å². The molecule has 3 aromatic heterocycles. The molecule has 0 radical (unpaired) electrons. The second-order valence-electron chi connectivity index (χ2n) is 7.15. The third kappa shape index (κ3) is 4.93. The van der Waals surface area contributed by atoms with Crippen molar-refractivity contribution in [2.24, 2.45) is 0 Å². The number of aromatic nitrogens is 4. The van der Waals surface area contributed by atoms with Gasteiger partial charge < -0.3 is 25.2 Å². The summed E-state index contributed by atoms with van der Waals surface area (Å²) in [7, 11) is 0. The zero-order chi connectivity index (χ0) is 20.8. The molecule has 0 aliphatic carbocycles. The van der Waals surface area contributed by atoms with Gasteiger partial charge in [-0.2, -0.15) is 0 Å². The predicted molar refractivity (Wildman–Crippen MR) is 115 cm³/mol. The van der Waals surface area contributed by atoms with E-state index in [2.05, 4.69) is 25.5 Å². The molecule has 1 aliphatic rings. The van der Waals surface area contributed by atoms with Gasteiger partial charge in [-0.3, -0.25) is 0 Å². The summed E-state index contributed by atoms with van der Waals surface area (Å²) >= 11 is 0. The number of anilines is 2. The summed E-state index contributed by atoms with van der Waals surface area (Å²) in [5.74, 6) is 0.476. The van der Waals surface area contributed by atoms with Crippen LogP contribution in [0.15, 0.2) is 49.2 Å². The van der Waals surface area contributed by atoms with Crippen LogP contribution in [0.5, 0.6) is 0 Å². The Morgan fingerprint density at radius 2 is 2.07 bits per heavy atom. The Balaban J connectivity index is 1.50. The highest BCUT2D eigenvalue weighted by molar-refractivity contribution is 5.90. The fraction of sp³-hybridized carbons (Fsp3) is 0.333. The summed E-state index contributed by atoms with van der Waals surface area (Å²) < 4.78 is 2.03. The molecule has 1 aliphatic heterocycles. The van der Waals surface area contributed by atoms with Crippen LogP contribution in [0, 0.1) is 0 Å². The zero-order valence-corrected chi connectivity index (χ0v) is 16.7. The van der Waals surface area contributed by atoms with Crippen molar-refractivity contribution in [3.8, 4) is 11.3 Å². The van der Waals surface area contributed by atoms with Crippen LogP contribution in [-0.2, 0) is 6.54 Å². The van der Waals surface area contributed by atoms with Crippen molar-refractivity contribution >= 4 is 17.6 Å². The van der Waals surface area contributed by atoms with Crippen LogP contribution in [0.3, 0.4) is 0 Å². The lowest BCUT2D eigenvalue weighted by Gasteiger charge is -2.29. The van der Waals surface area contributed by atoms with Crippen molar-refractivity contribution in [2.45, 2.75) is 13.0 Å². The number of aryl methyl sites for hydroxylation is 1. The predicted octanol–water partition coefficient (Wildman–Crippen LogP) is 1.95. The first-order valence-electron chi connectivity index (χ1n) is 10.1. The first-order chi connectivity index (χ1) is 14.7. The quantitative estimate of drug-likeness (QED) is 0.486. The fourth-order valence-corrected chi connectivity index (χ4v) is 3.43. The normalized spacial score (nSPS) is 13.9. The molecule has 1 saturated heterocycles. The van der Waals surface area contributed by atoms with Crippen molar-refractivity contribution in [1.29, 1.82) is 0 Å². The van der Waals surface area contributed by atoms with Crippen LogP contribution in [-0.4, -0.2) is 63.3 Å². The molecule has 0 aromatic carbocycles. The van der Waals surface area contributed by atoms with E-state index in [9.17, 15) is 9.90 Å². The molecular weight excluding hydrogens is 382 g/mol. The number of piperazine rings is 1. The van der Waals surface area contributed by atoms with E-state index in [0.717, 1.165) is 57.1 Å².